The van der Waals surface area contributed by atoms with Crippen molar-refractivity contribution in [3.8, 4) is 0 Å². The zero-order valence-electron chi connectivity index (χ0n) is 24.1. The smallest absolute Gasteiger partial charge is 0.340 e. The van der Waals surface area contributed by atoms with Crippen molar-refractivity contribution in [2.45, 2.75) is 142 Å². The maximum absolute atomic E-state index is 12.9. The molecular weight excluding hydrogens is 476 g/mol. The van der Waals surface area contributed by atoms with Gasteiger partial charge in [0.05, 0.1) is 6.42 Å². The van der Waals surface area contributed by atoms with Crippen LogP contribution in [0.25, 0.3) is 0 Å². The number of rotatable bonds is 18. The first-order valence-corrected chi connectivity index (χ1v) is 13.6. The first kappa shape index (κ1) is 34.8. The summed E-state index contributed by atoms with van der Waals surface area (Å²) in [5, 5.41) is 21.0. The topological polar surface area (TPSA) is 127 Å². The largest absolute Gasteiger partial charge is 0.481 e. The molecule has 0 spiro atoms. The molecule has 0 bridgehead atoms. The van der Waals surface area contributed by atoms with Gasteiger partial charge in [-0.25, -0.2) is 4.79 Å². The van der Waals surface area contributed by atoms with Crippen molar-refractivity contribution in [3.63, 3.8) is 0 Å². The highest BCUT2D eigenvalue weighted by molar-refractivity contribution is 5.92. The van der Waals surface area contributed by atoms with Crippen molar-refractivity contribution in [1.82, 2.24) is 0 Å². The van der Waals surface area contributed by atoms with E-state index < -0.39 is 47.0 Å². The van der Waals surface area contributed by atoms with Gasteiger partial charge in [0.2, 0.25) is 0 Å². The van der Waals surface area contributed by atoms with E-state index in [0.29, 0.717) is 25.0 Å². The number of allylic oxidation sites excluding steroid dienone is 1. The quantitative estimate of drug-likeness (QED) is 0.128. The second-order valence-corrected chi connectivity index (χ2v) is 11.7. The Balaban J connectivity index is 5.03. The summed E-state index contributed by atoms with van der Waals surface area (Å²) in [4.78, 5) is 49.3. The lowest BCUT2D eigenvalue weighted by Gasteiger charge is -2.33. The highest BCUT2D eigenvalue weighted by Gasteiger charge is 2.51. The van der Waals surface area contributed by atoms with Gasteiger partial charge in [0.15, 0.2) is 5.60 Å². The molecule has 0 radical (unpaired) electrons. The molecule has 0 aromatic rings. The SMILES string of the molecule is CCCCCCC(=O)CCCCCC/C=C/[C@H](C(=O)O)[C@@](O)(CC(=O)OC(C)(C)C)C(=O)OC(C)(C)C. The van der Waals surface area contributed by atoms with Crippen molar-refractivity contribution in [2.24, 2.45) is 5.92 Å². The first-order chi connectivity index (χ1) is 17.0. The first-order valence-electron chi connectivity index (χ1n) is 13.6. The molecule has 0 amide bonds. The highest BCUT2D eigenvalue weighted by Crippen LogP contribution is 2.29. The van der Waals surface area contributed by atoms with Crippen molar-refractivity contribution < 1.29 is 38.9 Å². The highest BCUT2D eigenvalue weighted by atomic mass is 16.6. The number of esters is 2. The van der Waals surface area contributed by atoms with E-state index in [2.05, 4.69) is 6.92 Å². The molecule has 8 nitrogen and oxygen atoms in total. The summed E-state index contributed by atoms with van der Waals surface area (Å²) < 4.78 is 10.5. The van der Waals surface area contributed by atoms with Crippen LogP contribution in [0.2, 0.25) is 0 Å². The Morgan fingerprint density at radius 2 is 1.30 bits per heavy atom. The summed E-state index contributed by atoms with van der Waals surface area (Å²) in [7, 11) is 0. The Morgan fingerprint density at radius 3 is 1.78 bits per heavy atom. The summed E-state index contributed by atoms with van der Waals surface area (Å²) in [6.45, 7) is 11.8. The van der Waals surface area contributed by atoms with Crippen LogP contribution in [-0.2, 0) is 28.7 Å². The average molecular weight is 527 g/mol. The summed E-state index contributed by atoms with van der Waals surface area (Å²) in [6, 6.07) is 0. The van der Waals surface area contributed by atoms with E-state index in [1.54, 1.807) is 47.6 Å². The molecule has 0 saturated heterocycles. The number of aliphatic hydroxyl groups is 1. The van der Waals surface area contributed by atoms with E-state index in [9.17, 15) is 29.4 Å². The van der Waals surface area contributed by atoms with E-state index in [1.807, 2.05) is 0 Å². The molecular formula is C29H50O8. The standard InChI is InChI=1S/C29H50O8/c1-8-9-10-15-18-22(30)19-16-13-11-12-14-17-20-23(25(32)33)29(35,26(34)37-28(5,6)7)21-24(31)36-27(2,3)4/h17,20,23,35H,8-16,18-19,21H2,1-7H3,(H,32,33)/b20-17+/t23-,29+/m1/s1. The minimum atomic E-state index is -2.63. The van der Waals surface area contributed by atoms with Gasteiger partial charge in [0, 0.05) is 12.8 Å². The van der Waals surface area contributed by atoms with E-state index >= 15 is 0 Å². The summed E-state index contributed by atoms with van der Waals surface area (Å²) in [5.41, 5.74) is -4.50. The molecule has 0 aromatic carbocycles. The number of Topliss-reactive ketones (excluding diaryl/α,β-unsaturated/α-hetero) is 1. The van der Waals surface area contributed by atoms with Crippen LogP contribution in [0, 0.1) is 5.92 Å². The number of carboxylic acids is 1. The van der Waals surface area contributed by atoms with Crippen LogP contribution < -0.4 is 0 Å². The van der Waals surface area contributed by atoms with Gasteiger partial charge >= 0.3 is 17.9 Å². The number of carbonyl (C=O) groups excluding carboxylic acids is 3. The lowest BCUT2D eigenvalue weighted by Crippen LogP contribution is -2.53. The zero-order valence-corrected chi connectivity index (χ0v) is 24.1. The van der Waals surface area contributed by atoms with Gasteiger partial charge in [0.1, 0.15) is 22.9 Å². The van der Waals surface area contributed by atoms with Gasteiger partial charge in [-0.2, -0.15) is 0 Å². The third-order valence-corrected chi connectivity index (χ3v) is 5.58. The minimum Gasteiger partial charge on any atom is -0.481 e. The van der Waals surface area contributed by atoms with Gasteiger partial charge in [-0.15, -0.1) is 0 Å². The van der Waals surface area contributed by atoms with E-state index in [-0.39, 0.29) is 0 Å². The average Bonchev–Trinajstić information content (AvgIpc) is 2.72. The van der Waals surface area contributed by atoms with Crippen molar-refractivity contribution in [3.05, 3.63) is 12.2 Å². The molecule has 2 N–H and O–H groups in total. The van der Waals surface area contributed by atoms with E-state index in [4.69, 9.17) is 9.47 Å². The van der Waals surface area contributed by atoms with E-state index in [0.717, 1.165) is 44.9 Å². The van der Waals surface area contributed by atoms with Crippen LogP contribution in [-0.4, -0.2) is 50.7 Å². The Kier molecular flexibility index (Phi) is 15.6. The molecule has 2 atom stereocenters. The number of hydrogen-bond donors (Lipinski definition) is 2. The number of hydrogen-bond acceptors (Lipinski definition) is 7. The molecule has 0 heterocycles. The molecule has 0 fully saturated rings. The molecule has 0 aliphatic rings. The second-order valence-electron chi connectivity index (χ2n) is 11.7. The number of carbonyl (C=O) groups is 4. The third-order valence-electron chi connectivity index (χ3n) is 5.58. The minimum absolute atomic E-state index is 0.312. The summed E-state index contributed by atoms with van der Waals surface area (Å²) >= 11 is 0. The van der Waals surface area contributed by atoms with Crippen LogP contribution in [0.5, 0.6) is 0 Å². The van der Waals surface area contributed by atoms with Crippen molar-refractivity contribution >= 4 is 23.7 Å². The predicted molar refractivity (Wildman–Crippen MR) is 143 cm³/mol. The predicted octanol–water partition coefficient (Wildman–Crippen LogP) is 5.93. The Morgan fingerprint density at radius 1 is 0.784 bits per heavy atom. The van der Waals surface area contributed by atoms with Crippen LogP contribution >= 0.6 is 0 Å². The maximum atomic E-state index is 12.9. The molecule has 0 aliphatic carbocycles. The van der Waals surface area contributed by atoms with Crippen molar-refractivity contribution in [2.75, 3.05) is 0 Å². The lowest BCUT2D eigenvalue weighted by atomic mass is 9.83. The Hall–Kier alpha value is -2.22. The van der Waals surface area contributed by atoms with Gasteiger partial charge in [-0.1, -0.05) is 51.2 Å². The van der Waals surface area contributed by atoms with Gasteiger partial charge in [0.25, 0.3) is 0 Å². The number of ketones is 1. The summed E-state index contributed by atoms with van der Waals surface area (Å²) in [5.74, 6) is -4.93. The number of carboxylic acid groups (broad SMARTS) is 1. The van der Waals surface area contributed by atoms with Crippen LogP contribution in [0.3, 0.4) is 0 Å². The number of aliphatic carboxylic acids is 1. The fraction of sp³-hybridized carbons (Fsp3) is 0.793. The molecule has 0 aromatic heterocycles. The molecule has 8 heteroatoms. The molecule has 0 aliphatic heterocycles. The summed E-state index contributed by atoms with van der Waals surface area (Å²) in [6.07, 6.45) is 11.5. The molecule has 0 saturated carbocycles. The van der Waals surface area contributed by atoms with Crippen LogP contribution in [0.4, 0.5) is 0 Å². The Labute approximate surface area is 223 Å². The number of unbranched alkanes of at least 4 members (excludes halogenated alkanes) is 7. The van der Waals surface area contributed by atoms with Crippen LogP contribution in [0.15, 0.2) is 12.2 Å². The Bertz CT molecular complexity index is 757. The van der Waals surface area contributed by atoms with Gasteiger partial charge < -0.3 is 19.7 Å². The van der Waals surface area contributed by atoms with Crippen molar-refractivity contribution in [1.29, 1.82) is 0 Å². The molecule has 214 valence electrons. The molecule has 37 heavy (non-hydrogen) atoms. The molecule has 0 unspecified atom stereocenters. The van der Waals surface area contributed by atoms with Gasteiger partial charge in [-0.05, 0) is 67.2 Å². The van der Waals surface area contributed by atoms with Gasteiger partial charge in [-0.3, -0.25) is 14.4 Å². The maximum Gasteiger partial charge on any atom is 0.340 e. The second kappa shape index (κ2) is 16.6. The van der Waals surface area contributed by atoms with Crippen LogP contribution in [0.1, 0.15) is 126 Å². The number of ether oxygens (including phenoxy) is 2. The lowest BCUT2D eigenvalue weighted by molar-refractivity contribution is -0.192. The monoisotopic (exact) mass is 526 g/mol. The van der Waals surface area contributed by atoms with E-state index in [1.165, 1.54) is 12.5 Å². The third kappa shape index (κ3) is 16.3. The molecule has 0 rings (SSSR count). The zero-order chi connectivity index (χ0) is 28.7. The fourth-order valence-electron chi connectivity index (χ4n) is 3.76. The fourth-order valence-corrected chi connectivity index (χ4v) is 3.76. The normalized spacial score (nSPS) is 14.7.